The second kappa shape index (κ2) is 10.7. The Morgan fingerprint density at radius 1 is 1.07 bits per heavy atom. The normalized spacial score (nSPS) is 11.8. The van der Waals surface area contributed by atoms with E-state index in [1.165, 1.54) is 0 Å². The highest BCUT2D eigenvalue weighted by atomic mass is 35.5. The SMILES string of the molecule is CCCNC(=O)C(C)N(Cc1ccc(Cl)cc1Cl)C(=O)Cc1cc(C)cc(C)c1. The molecule has 0 aliphatic heterocycles. The minimum atomic E-state index is -0.619. The molecule has 0 aliphatic carbocycles. The van der Waals surface area contributed by atoms with Gasteiger partial charge < -0.3 is 10.2 Å². The Labute approximate surface area is 183 Å². The quantitative estimate of drug-likeness (QED) is 0.628. The van der Waals surface area contributed by atoms with Crippen LogP contribution in [0.2, 0.25) is 10.0 Å². The maximum Gasteiger partial charge on any atom is 0.242 e. The summed E-state index contributed by atoms with van der Waals surface area (Å²) in [5.74, 6) is -0.300. The van der Waals surface area contributed by atoms with E-state index in [4.69, 9.17) is 23.2 Å². The van der Waals surface area contributed by atoms with Crippen LogP contribution in [0.5, 0.6) is 0 Å². The van der Waals surface area contributed by atoms with E-state index in [2.05, 4.69) is 11.4 Å². The van der Waals surface area contributed by atoms with Crippen LogP contribution in [0.4, 0.5) is 0 Å². The number of halogens is 2. The zero-order valence-electron chi connectivity index (χ0n) is 17.4. The van der Waals surface area contributed by atoms with Crippen LogP contribution < -0.4 is 5.32 Å². The first-order valence-electron chi connectivity index (χ1n) is 9.79. The molecule has 2 amide bonds. The summed E-state index contributed by atoms with van der Waals surface area (Å²) in [6, 6.07) is 10.6. The fourth-order valence-corrected chi connectivity index (χ4v) is 3.73. The molecule has 1 N–H and O–H groups in total. The summed E-state index contributed by atoms with van der Waals surface area (Å²) in [5.41, 5.74) is 3.89. The lowest BCUT2D eigenvalue weighted by molar-refractivity contribution is -0.140. The Morgan fingerprint density at radius 2 is 1.72 bits per heavy atom. The minimum absolute atomic E-state index is 0.125. The van der Waals surface area contributed by atoms with Crippen molar-refractivity contribution in [3.05, 3.63) is 68.7 Å². The van der Waals surface area contributed by atoms with Crippen molar-refractivity contribution >= 4 is 35.0 Å². The van der Waals surface area contributed by atoms with Gasteiger partial charge in [0.05, 0.1) is 6.42 Å². The number of carbonyl (C=O) groups is 2. The van der Waals surface area contributed by atoms with Crippen LogP contribution in [0.1, 0.15) is 42.5 Å². The van der Waals surface area contributed by atoms with E-state index in [1.54, 1.807) is 30.0 Å². The van der Waals surface area contributed by atoms with Gasteiger partial charge in [-0.2, -0.15) is 0 Å². The fourth-order valence-electron chi connectivity index (χ4n) is 3.26. The van der Waals surface area contributed by atoms with Crippen molar-refractivity contribution in [2.45, 2.75) is 53.1 Å². The third kappa shape index (κ3) is 6.76. The average Bonchev–Trinajstić information content (AvgIpc) is 2.64. The van der Waals surface area contributed by atoms with Crippen LogP contribution in [0.3, 0.4) is 0 Å². The summed E-state index contributed by atoms with van der Waals surface area (Å²) in [5, 5.41) is 3.88. The van der Waals surface area contributed by atoms with Gasteiger partial charge in [-0.3, -0.25) is 9.59 Å². The molecule has 0 saturated heterocycles. The van der Waals surface area contributed by atoms with Crippen LogP contribution in [0.25, 0.3) is 0 Å². The molecule has 2 rings (SSSR count). The molecular weight excluding hydrogens is 407 g/mol. The van der Waals surface area contributed by atoms with Gasteiger partial charge in [-0.15, -0.1) is 0 Å². The maximum atomic E-state index is 13.2. The number of carbonyl (C=O) groups excluding carboxylic acids is 2. The van der Waals surface area contributed by atoms with Crippen LogP contribution in [0.15, 0.2) is 36.4 Å². The second-order valence-corrected chi connectivity index (χ2v) is 8.24. The molecule has 1 atom stereocenters. The van der Waals surface area contributed by atoms with Gasteiger partial charge in [0.25, 0.3) is 0 Å². The molecule has 0 heterocycles. The standard InChI is InChI=1S/C23H28Cl2N2O2/c1-5-8-26-23(29)17(4)27(14-19-6-7-20(24)13-21(19)25)22(28)12-18-10-15(2)9-16(3)11-18/h6-7,9-11,13,17H,5,8,12,14H2,1-4H3,(H,26,29). The molecule has 6 heteroatoms. The van der Waals surface area contributed by atoms with E-state index in [9.17, 15) is 9.59 Å². The first-order chi connectivity index (χ1) is 13.7. The highest BCUT2D eigenvalue weighted by Crippen LogP contribution is 2.24. The van der Waals surface area contributed by atoms with E-state index < -0.39 is 6.04 Å². The van der Waals surface area contributed by atoms with Crippen LogP contribution in [-0.2, 0) is 22.6 Å². The molecular formula is C23H28Cl2N2O2. The number of hydrogen-bond acceptors (Lipinski definition) is 2. The third-order valence-electron chi connectivity index (χ3n) is 4.71. The Hall–Kier alpha value is -2.04. The van der Waals surface area contributed by atoms with Crippen LogP contribution in [0, 0.1) is 13.8 Å². The predicted octanol–water partition coefficient (Wildman–Crippen LogP) is 5.10. The molecule has 0 saturated carbocycles. The second-order valence-electron chi connectivity index (χ2n) is 7.40. The molecule has 0 radical (unpaired) electrons. The lowest BCUT2D eigenvalue weighted by atomic mass is 10.0. The molecule has 0 aliphatic rings. The van der Waals surface area contributed by atoms with Crippen molar-refractivity contribution in [3.8, 4) is 0 Å². The Balaban J connectivity index is 2.29. The summed E-state index contributed by atoms with van der Waals surface area (Å²) in [7, 11) is 0. The van der Waals surface area contributed by atoms with Gasteiger partial charge in [-0.25, -0.2) is 0 Å². The summed E-state index contributed by atoms with van der Waals surface area (Å²) in [6.07, 6.45) is 1.05. The number of nitrogens with one attached hydrogen (secondary N) is 1. The summed E-state index contributed by atoms with van der Waals surface area (Å²) >= 11 is 12.3. The van der Waals surface area contributed by atoms with Gasteiger partial charge in [0, 0.05) is 23.1 Å². The Morgan fingerprint density at radius 3 is 2.31 bits per heavy atom. The van der Waals surface area contributed by atoms with Crippen molar-refractivity contribution in [2.24, 2.45) is 0 Å². The molecule has 0 bridgehead atoms. The summed E-state index contributed by atoms with van der Waals surface area (Å²) in [4.78, 5) is 27.4. The molecule has 2 aromatic carbocycles. The molecule has 0 spiro atoms. The lowest BCUT2D eigenvalue weighted by Crippen LogP contribution is -2.48. The number of aryl methyl sites for hydroxylation is 2. The highest BCUT2D eigenvalue weighted by molar-refractivity contribution is 6.35. The van der Waals surface area contributed by atoms with E-state index in [0.717, 1.165) is 28.7 Å². The Kier molecular flexibility index (Phi) is 8.54. The van der Waals surface area contributed by atoms with Crippen molar-refractivity contribution in [2.75, 3.05) is 6.54 Å². The van der Waals surface area contributed by atoms with Crippen LogP contribution >= 0.6 is 23.2 Å². The van der Waals surface area contributed by atoms with Gasteiger partial charge in [0.15, 0.2) is 0 Å². The van der Waals surface area contributed by atoms with Gasteiger partial charge in [-0.05, 0) is 50.5 Å². The molecule has 0 aromatic heterocycles. The van der Waals surface area contributed by atoms with Crippen molar-refractivity contribution < 1.29 is 9.59 Å². The monoisotopic (exact) mass is 434 g/mol. The summed E-state index contributed by atoms with van der Waals surface area (Å²) in [6.45, 7) is 8.56. The molecule has 29 heavy (non-hydrogen) atoms. The largest absolute Gasteiger partial charge is 0.354 e. The van der Waals surface area contributed by atoms with Crippen LogP contribution in [-0.4, -0.2) is 29.3 Å². The van der Waals surface area contributed by atoms with Crippen molar-refractivity contribution in [3.63, 3.8) is 0 Å². The molecule has 2 aromatic rings. The number of benzene rings is 2. The van der Waals surface area contributed by atoms with Crippen molar-refractivity contribution in [1.29, 1.82) is 0 Å². The smallest absolute Gasteiger partial charge is 0.242 e. The van der Waals surface area contributed by atoms with Gasteiger partial charge >= 0.3 is 0 Å². The number of hydrogen-bond donors (Lipinski definition) is 1. The first kappa shape index (κ1) is 23.2. The van der Waals surface area contributed by atoms with Gasteiger partial charge in [0.1, 0.15) is 6.04 Å². The number of amides is 2. The van der Waals surface area contributed by atoms with E-state index in [0.29, 0.717) is 16.6 Å². The minimum Gasteiger partial charge on any atom is -0.354 e. The van der Waals surface area contributed by atoms with Gasteiger partial charge in [0.2, 0.25) is 11.8 Å². The first-order valence-corrected chi connectivity index (χ1v) is 10.5. The highest BCUT2D eigenvalue weighted by Gasteiger charge is 2.26. The molecule has 0 fully saturated rings. The third-order valence-corrected chi connectivity index (χ3v) is 5.30. The topological polar surface area (TPSA) is 49.4 Å². The maximum absolute atomic E-state index is 13.2. The molecule has 4 nitrogen and oxygen atoms in total. The zero-order chi connectivity index (χ0) is 21.6. The lowest BCUT2D eigenvalue weighted by Gasteiger charge is -2.29. The fraction of sp³-hybridized carbons (Fsp3) is 0.391. The molecule has 156 valence electrons. The Bertz CT molecular complexity index is 863. The van der Waals surface area contributed by atoms with E-state index in [-0.39, 0.29) is 24.8 Å². The summed E-state index contributed by atoms with van der Waals surface area (Å²) < 4.78 is 0. The number of rotatable bonds is 8. The zero-order valence-corrected chi connectivity index (χ0v) is 18.9. The average molecular weight is 435 g/mol. The van der Waals surface area contributed by atoms with Gasteiger partial charge in [-0.1, -0.05) is 65.5 Å². The number of nitrogens with zero attached hydrogens (tertiary/aromatic N) is 1. The predicted molar refractivity (Wildman–Crippen MR) is 119 cm³/mol. The van der Waals surface area contributed by atoms with E-state index >= 15 is 0 Å². The molecule has 1 unspecified atom stereocenters. The van der Waals surface area contributed by atoms with E-state index in [1.807, 2.05) is 32.9 Å². The van der Waals surface area contributed by atoms with Crippen molar-refractivity contribution in [1.82, 2.24) is 10.2 Å².